The van der Waals surface area contributed by atoms with Gasteiger partial charge in [-0.3, -0.25) is 10.1 Å². The van der Waals surface area contributed by atoms with Gasteiger partial charge in [0.2, 0.25) is 5.75 Å². The molecule has 0 heterocycles. The van der Waals surface area contributed by atoms with E-state index in [1.807, 2.05) is 0 Å². The van der Waals surface area contributed by atoms with Gasteiger partial charge in [-0.1, -0.05) is 22.0 Å². The highest BCUT2D eigenvalue weighted by atomic mass is 79.9. The molecule has 0 aromatic heterocycles. The number of carboxylic acids is 1. The molecule has 0 aliphatic heterocycles. The third-order valence-electron chi connectivity index (χ3n) is 2.53. The third kappa shape index (κ3) is 3.16. The number of hydrogen-bond acceptors (Lipinski definition) is 4. The molecule has 0 unspecified atom stereocenters. The van der Waals surface area contributed by atoms with Gasteiger partial charge in [0.1, 0.15) is 5.56 Å². The summed E-state index contributed by atoms with van der Waals surface area (Å²) in [6.07, 6.45) is 0. The predicted molar refractivity (Wildman–Crippen MR) is 74.2 cm³/mol. The van der Waals surface area contributed by atoms with Crippen LogP contribution in [0.1, 0.15) is 10.4 Å². The Labute approximate surface area is 126 Å². The van der Waals surface area contributed by atoms with Gasteiger partial charge in [-0.25, -0.2) is 9.18 Å². The molecule has 1 N–H and O–H groups in total. The van der Waals surface area contributed by atoms with Gasteiger partial charge in [0.15, 0.2) is 11.6 Å². The first-order chi connectivity index (χ1) is 9.90. The van der Waals surface area contributed by atoms with Crippen LogP contribution in [0.4, 0.5) is 10.1 Å². The molecule has 0 amide bonds. The Kier molecular flexibility index (Phi) is 4.18. The van der Waals surface area contributed by atoms with E-state index in [4.69, 9.17) is 9.84 Å². The van der Waals surface area contributed by atoms with Crippen LogP contribution >= 0.6 is 15.9 Å². The average molecular weight is 356 g/mol. The number of para-hydroxylation sites is 1. The van der Waals surface area contributed by atoms with Crippen molar-refractivity contribution >= 4 is 27.6 Å². The van der Waals surface area contributed by atoms with Crippen molar-refractivity contribution in [1.82, 2.24) is 0 Å². The summed E-state index contributed by atoms with van der Waals surface area (Å²) in [6.45, 7) is 0. The summed E-state index contributed by atoms with van der Waals surface area (Å²) in [6, 6.07) is 7.45. The second-order valence-electron chi connectivity index (χ2n) is 3.89. The first-order valence-electron chi connectivity index (χ1n) is 5.53. The monoisotopic (exact) mass is 355 g/mol. The molecule has 8 heteroatoms. The Balaban J connectivity index is 2.51. The van der Waals surface area contributed by atoms with Crippen molar-refractivity contribution in [3.05, 3.63) is 62.4 Å². The van der Waals surface area contributed by atoms with Gasteiger partial charge in [0, 0.05) is 4.47 Å². The molecule has 0 radical (unpaired) electrons. The highest BCUT2D eigenvalue weighted by molar-refractivity contribution is 9.10. The maximum Gasteiger partial charge on any atom is 0.342 e. The molecule has 108 valence electrons. The zero-order chi connectivity index (χ0) is 15.6. The van der Waals surface area contributed by atoms with Gasteiger partial charge in [-0.05, 0) is 30.3 Å². The van der Waals surface area contributed by atoms with Crippen molar-refractivity contribution in [2.24, 2.45) is 0 Å². The van der Waals surface area contributed by atoms with Crippen molar-refractivity contribution < 1.29 is 24.0 Å². The molecule has 2 rings (SSSR count). The van der Waals surface area contributed by atoms with E-state index in [1.54, 1.807) is 0 Å². The molecule has 0 bridgehead atoms. The molecular formula is C13H7BrFNO5. The Morgan fingerprint density at radius 3 is 2.57 bits per heavy atom. The minimum absolute atomic E-state index is 0.246. The zero-order valence-electron chi connectivity index (χ0n) is 10.2. The fraction of sp³-hybridized carbons (Fsp3) is 0. The highest BCUT2D eigenvalue weighted by Crippen LogP contribution is 2.35. The Hall–Kier alpha value is -2.48. The molecule has 0 saturated heterocycles. The molecule has 2 aromatic carbocycles. The number of nitrogens with zero attached hydrogens (tertiary/aromatic N) is 1. The van der Waals surface area contributed by atoms with Gasteiger partial charge < -0.3 is 9.84 Å². The number of nitro benzene ring substituents is 1. The Bertz CT molecular complexity index is 734. The second-order valence-corrected chi connectivity index (χ2v) is 4.81. The molecule has 0 atom stereocenters. The lowest BCUT2D eigenvalue weighted by Gasteiger charge is -2.08. The first-order valence-corrected chi connectivity index (χ1v) is 6.33. The van der Waals surface area contributed by atoms with Crippen molar-refractivity contribution in [3.8, 4) is 11.5 Å². The van der Waals surface area contributed by atoms with E-state index in [0.29, 0.717) is 4.47 Å². The van der Waals surface area contributed by atoms with Crippen LogP contribution in [0.3, 0.4) is 0 Å². The number of benzene rings is 2. The van der Waals surface area contributed by atoms with Crippen molar-refractivity contribution in [1.29, 1.82) is 0 Å². The summed E-state index contributed by atoms with van der Waals surface area (Å²) >= 11 is 3.07. The zero-order valence-corrected chi connectivity index (χ0v) is 11.8. The Morgan fingerprint density at radius 1 is 1.29 bits per heavy atom. The van der Waals surface area contributed by atoms with Crippen molar-refractivity contribution in [2.75, 3.05) is 0 Å². The van der Waals surface area contributed by atoms with Gasteiger partial charge in [-0.15, -0.1) is 0 Å². The summed E-state index contributed by atoms with van der Waals surface area (Å²) in [5.41, 5.74) is -1.26. The van der Waals surface area contributed by atoms with Gasteiger partial charge >= 0.3 is 11.7 Å². The number of rotatable bonds is 4. The van der Waals surface area contributed by atoms with Crippen molar-refractivity contribution in [3.63, 3.8) is 0 Å². The molecule has 0 aliphatic carbocycles. The Morgan fingerprint density at radius 2 is 2.00 bits per heavy atom. The molecule has 6 nitrogen and oxygen atoms in total. The fourth-order valence-corrected chi connectivity index (χ4v) is 1.98. The number of carboxylic acid groups (broad SMARTS) is 1. The third-order valence-corrected chi connectivity index (χ3v) is 3.02. The standard InChI is InChI=1S/C13H7BrFNO5/c14-7-4-5-10(9(15)6-7)21-11-3-1-2-8(13(17)18)12(11)16(19)20/h1-6H,(H,17,18). The van der Waals surface area contributed by atoms with E-state index in [9.17, 15) is 19.3 Å². The van der Waals surface area contributed by atoms with Gasteiger partial charge in [0.05, 0.1) is 4.92 Å². The first kappa shape index (κ1) is 14.9. The summed E-state index contributed by atoms with van der Waals surface area (Å²) in [5.74, 6) is -2.80. The van der Waals surface area contributed by atoms with E-state index >= 15 is 0 Å². The maximum atomic E-state index is 13.7. The normalized spacial score (nSPS) is 10.2. The van der Waals surface area contributed by atoms with E-state index in [-0.39, 0.29) is 11.5 Å². The number of carbonyl (C=O) groups is 1. The molecule has 0 aliphatic rings. The average Bonchev–Trinajstić information content (AvgIpc) is 2.41. The molecule has 2 aromatic rings. The molecule has 0 saturated carbocycles. The van der Waals surface area contributed by atoms with Crippen LogP contribution in [0.25, 0.3) is 0 Å². The summed E-state index contributed by atoms with van der Waals surface area (Å²) in [4.78, 5) is 21.2. The van der Waals surface area contributed by atoms with E-state index in [0.717, 1.165) is 12.1 Å². The summed E-state index contributed by atoms with van der Waals surface area (Å²) in [7, 11) is 0. The van der Waals surface area contributed by atoms with E-state index < -0.39 is 28.0 Å². The number of hydrogen-bond donors (Lipinski definition) is 1. The maximum absolute atomic E-state index is 13.7. The minimum atomic E-state index is -1.47. The molecule has 0 fully saturated rings. The lowest BCUT2D eigenvalue weighted by atomic mass is 10.1. The largest absolute Gasteiger partial charge is 0.477 e. The van der Waals surface area contributed by atoms with Crippen LogP contribution in [-0.2, 0) is 0 Å². The topological polar surface area (TPSA) is 89.7 Å². The van der Waals surface area contributed by atoms with Crippen LogP contribution in [0, 0.1) is 15.9 Å². The SMILES string of the molecule is O=C(O)c1cccc(Oc2ccc(Br)cc2F)c1[N+](=O)[O-]. The highest BCUT2D eigenvalue weighted by Gasteiger charge is 2.26. The molecular weight excluding hydrogens is 349 g/mol. The van der Waals surface area contributed by atoms with E-state index in [1.165, 1.54) is 24.3 Å². The van der Waals surface area contributed by atoms with Crippen LogP contribution in [0.2, 0.25) is 0 Å². The minimum Gasteiger partial charge on any atom is -0.477 e. The predicted octanol–water partition coefficient (Wildman–Crippen LogP) is 3.99. The lowest BCUT2D eigenvalue weighted by Crippen LogP contribution is -2.04. The quantitative estimate of drug-likeness (QED) is 0.661. The number of nitro groups is 1. The van der Waals surface area contributed by atoms with Crippen molar-refractivity contribution in [2.45, 2.75) is 0 Å². The van der Waals surface area contributed by atoms with Gasteiger partial charge in [-0.2, -0.15) is 0 Å². The fourth-order valence-electron chi connectivity index (χ4n) is 1.64. The second kappa shape index (κ2) is 5.88. The summed E-state index contributed by atoms with van der Waals surface area (Å²) < 4.78 is 19.3. The van der Waals surface area contributed by atoms with Crippen LogP contribution < -0.4 is 4.74 Å². The van der Waals surface area contributed by atoms with Crippen LogP contribution in [0.5, 0.6) is 11.5 Å². The van der Waals surface area contributed by atoms with E-state index in [2.05, 4.69) is 15.9 Å². The molecule has 21 heavy (non-hydrogen) atoms. The lowest BCUT2D eigenvalue weighted by molar-refractivity contribution is -0.386. The van der Waals surface area contributed by atoms with Gasteiger partial charge in [0.25, 0.3) is 0 Å². The number of halogens is 2. The molecule has 0 spiro atoms. The number of aromatic carboxylic acids is 1. The van der Waals surface area contributed by atoms with Crippen LogP contribution in [0.15, 0.2) is 40.9 Å². The number of ether oxygens (including phenoxy) is 1. The smallest absolute Gasteiger partial charge is 0.342 e. The van der Waals surface area contributed by atoms with Crippen LogP contribution in [-0.4, -0.2) is 16.0 Å². The summed E-state index contributed by atoms with van der Waals surface area (Å²) in [5, 5.41) is 20.0.